The van der Waals surface area contributed by atoms with Gasteiger partial charge in [-0.3, -0.25) is 14.9 Å². The van der Waals surface area contributed by atoms with Crippen LogP contribution in [0.1, 0.15) is 44.2 Å². The van der Waals surface area contributed by atoms with Gasteiger partial charge in [-0.2, -0.15) is 0 Å². The normalized spacial score (nSPS) is 13.5. The topological polar surface area (TPSA) is 103 Å². The van der Waals surface area contributed by atoms with Crippen molar-refractivity contribution in [2.75, 3.05) is 20.4 Å². The van der Waals surface area contributed by atoms with Gasteiger partial charge in [-0.15, -0.1) is 0 Å². The highest BCUT2D eigenvalue weighted by Gasteiger charge is 2.29. The molecule has 0 aromatic heterocycles. The van der Waals surface area contributed by atoms with E-state index in [9.17, 15) is 14.4 Å². The predicted molar refractivity (Wildman–Crippen MR) is 122 cm³/mol. The van der Waals surface area contributed by atoms with Gasteiger partial charge in [0.15, 0.2) is 0 Å². The summed E-state index contributed by atoms with van der Waals surface area (Å²) in [4.78, 5) is 36.3. The lowest BCUT2D eigenvalue weighted by atomic mass is 9.98. The highest BCUT2D eigenvalue weighted by Crippen LogP contribution is 2.44. The minimum atomic E-state index is -1.10. The molecule has 0 bridgehead atoms. The van der Waals surface area contributed by atoms with E-state index >= 15 is 0 Å². The predicted octanol–water partition coefficient (Wildman–Crippen LogP) is 3.35. The van der Waals surface area contributed by atoms with Gasteiger partial charge in [-0.25, -0.2) is 4.79 Å². The van der Waals surface area contributed by atoms with Crippen molar-refractivity contribution in [3.63, 3.8) is 0 Å². The molecule has 8 nitrogen and oxygen atoms in total. The summed E-state index contributed by atoms with van der Waals surface area (Å²) < 4.78 is 16.1. The number of benzene rings is 2. The van der Waals surface area contributed by atoms with Crippen LogP contribution < -0.4 is 10.6 Å². The van der Waals surface area contributed by atoms with Crippen LogP contribution >= 0.6 is 0 Å². The van der Waals surface area contributed by atoms with Gasteiger partial charge in [0.25, 0.3) is 0 Å². The molecule has 2 amide bonds. The number of amides is 2. The number of ether oxygens (including phenoxy) is 3. The molecule has 0 spiro atoms. The first kappa shape index (κ1) is 24.3. The molecule has 2 aromatic carbocycles. The van der Waals surface area contributed by atoms with Crippen molar-refractivity contribution in [1.82, 2.24) is 10.6 Å². The first-order chi connectivity index (χ1) is 15.7. The van der Waals surface area contributed by atoms with Crippen molar-refractivity contribution in [3.05, 3.63) is 59.7 Å². The van der Waals surface area contributed by atoms with Crippen molar-refractivity contribution >= 4 is 18.0 Å². The first-order valence-electron chi connectivity index (χ1n) is 10.8. The third-order valence-electron chi connectivity index (χ3n) is 5.16. The van der Waals surface area contributed by atoms with E-state index in [2.05, 4.69) is 22.8 Å². The van der Waals surface area contributed by atoms with E-state index in [0.717, 1.165) is 22.3 Å². The summed E-state index contributed by atoms with van der Waals surface area (Å²) in [5.41, 5.74) is 3.82. The quantitative estimate of drug-likeness (QED) is 0.468. The highest BCUT2D eigenvalue weighted by atomic mass is 16.6. The number of nitrogens with one attached hydrogen (secondary N) is 2. The molecule has 0 radical (unpaired) electrons. The Morgan fingerprint density at radius 3 is 2.09 bits per heavy atom. The second-order valence-corrected chi connectivity index (χ2v) is 8.71. The molecule has 0 aliphatic heterocycles. The summed E-state index contributed by atoms with van der Waals surface area (Å²) in [5, 5.41) is 4.91. The fraction of sp³-hybridized carbons (Fsp3) is 0.400. The molecule has 3 rings (SSSR count). The number of hydrogen-bond acceptors (Lipinski definition) is 6. The number of alkyl carbamates (subject to hydrolysis) is 1. The van der Waals surface area contributed by atoms with Crippen LogP contribution in [0.3, 0.4) is 0 Å². The molecule has 2 aromatic rings. The molecule has 176 valence electrons. The Morgan fingerprint density at radius 1 is 0.970 bits per heavy atom. The Bertz CT molecular complexity index is 968. The number of rotatable bonds is 8. The van der Waals surface area contributed by atoms with E-state index in [-0.39, 0.29) is 25.7 Å². The number of fused-ring (bicyclic) bond motifs is 3. The lowest BCUT2D eigenvalue weighted by Gasteiger charge is -2.22. The Morgan fingerprint density at radius 2 is 1.55 bits per heavy atom. The second kappa shape index (κ2) is 10.5. The minimum Gasteiger partial charge on any atom is -0.460 e. The summed E-state index contributed by atoms with van der Waals surface area (Å²) in [6.45, 7) is 5.08. The zero-order valence-corrected chi connectivity index (χ0v) is 19.3. The van der Waals surface area contributed by atoms with Gasteiger partial charge in [0.05, 0.1) is 6.42 Å². The lowest BCUT2D eigenvalue weighted by molar-refractivity contribution is -0.160. The van der Waals surface area contributed by atoms with Crippen LogP contribution in [0.2, 0.25) is 0 Å². The lowest BCUT2D eigenvalue weighted by Crippen LogP contribution is -2.40. The molecule has 33 heavy (non-hydrogen) atoms. The zero-order valence-electron chi connectivity index (χ0n) is 19.3. The highest BCUT2D eigenvalue weighted by molar-refractivity contribution is 5.85. The molecule has 1 aliphatic rings. The van der Waals surface area contributed by atoms with E-state index < -0.39 is 29.7 Å². The number of carbonyl (C=O) groups is 3. The zero-order chi connectivity index (χ0) is 24.0. The van der Waals surface area contributed by atoms with Gasteiger partial charge >= 0.3 is 12.1 Å². The summed E-state index contributed by atoms with van der Waals surface area (Å²) >= 11 is 0. The van der Waals surface area contributed by atoms with E-state index in [4.69, 9.17) is 14.2 Å². The van der Waals surface area contributed by atoms with Gasteiger partial charge in [-0.05, 0) is 43.0 Å². The van der Waals surface area contributed by atoms with Crippen molar-refractivity contribution in [2.24, 2.45) is 0 Å². The SMILES string of the molecule is CNC(=O)C(CC(=O)OC(C)(C)C)OCNC(=O)OCC1c2ccccc2-c2ccccc21. The van der Waals surface area contributed by atoms with E-state index in [0.29, 0.717) is 0 Å². The smallest absolute Gasteiger partial charge is 0.408 e. The van der Waals surface area contributed by atoms with Gasteiger partial charge in [-0.1, -0.05) is 48.5 Å². The summed E-state index contributed by atoms with van der Waals surface area (Å²) in [6.07, 6.45) is -2.05. The molecule has 0 saturated carbocycles. The van der Waals surface area contributed by atoms with Crippen molar-refractivity contribution in [1.29, 1.82) is 0 Å². The van der Waals surface area contributed by atoms with E-state index in [1.165, 1.54) is 7.05 Å². The van der Waals surface area contributed by atoms with Gasteiger partial charge in [0, 0.05) is 13.0 Å². The summed E-state index contributed by atoms with van der Waals surface area (Å²) in [5.74, 6) is -1.12. The van der Waals surface area contributed by atoms with Crippen molar-refractivity contribution < 1.29 is 28.6 Å². The van der Waals surface area contributed by atoms with Gasteiger partial charge < -0.3 is 19.5 Å². The van der Waals surface area contributed by atoms with Crippen molar-refractivity contribution in [3.8, 4) is 11.1 Å². The Kier molecular flexibility index (Phi) is 7.71. The fourth-order valence-electron chi connectivity index (χ4n) is 3.77. The Balaban J connectivity index is 1.52. The first-order valence-corrected chi connectivity index (χ1v) is 10.8. The monoisotopic (exact) mass is 454 g/mol. The summed E-state index contributed by atoms with van der Waals surface area (Å²) in [6, 6.07) is 16.1. The van der Waals surface area contributed by atoms with E-state index in [1.54, 1.807) is 20.8 Å². The molecule has 2 N–H and O–H groups in total. The molecule has 1 unspecified atom stereocenters. The molecular formula is C25H30N2O6. The Hall–Kier alpha value is -3.39. The van der Waals surface area contributed by atoms with Crippen molar-refractivity contribution in [2.45, 2.75) is 44.8 Å². The molecule has 0 fully saturated rings. The third-order valence-corrected chi connectivity index (χ3v) is 5.16. The number of likely N-dealkylation sites (N-methyl/N-ethyl adjacent to an activating group) is 1. The molecule has 1 aliphatic carbocycles. The van der Waals surface area contributed by atoms with Crippen LogP contribution in [-0.2, 0) is 23.8 Å². The molecule has 0 heterocycles. The fourth-order valence-corrected chi connectivity index (χ4v) is 3.77. The van der Waals surface area contributed by atoms with Gasteiger partial charge in [0.2, 0.25) is 5.91 Å². The largest absolute Gasteiger partial charge is 0.460 e. The van der Waals surface area contributed by atoms with Crippen LogP contribution in [0.25, 0.3) is 11.1 Å². The van der Waals surface area contributed by atoms with Crippen LogP contribution in [0.4, 0.5) is 4.79 Å². The molecular weight excluding hydrogens is 424 g/mol. The molecule has 1 atom stereocenters. The maximum absolute atomic E-state index is 12.2. The molecule has 0 saturated heterocycles. The van der Waals surface area contributed by atoms with Gasteiger partial charge in [0.1, 0.15) is 25.0 Å². The minimum absolute atomic E-state index is 0.0603. The average Bonchev–Trinajstić information content (AvgIpc) is 3.09. The second-order valence-electron chi connectivity index (χ2n) is 8.71. The number of esters is 1. The molecule has 8 heteroatoms. The standard InChI is InChI=1S/C25H30N2O6/c1-25(2,3)33-22(28)13-21(23(29)26-4)32-15-27-24(30)31-14-20-18-11-7-5-9-16(18)17-10-6-8-12-19(17)20/h5-12,20-21H,13-15H2,1-4H3,(H,26,29)(H,27,30). The maximum atomic E-state index is 12.2. The third kappa shape index (κ3) is 6.32. The van der Waals surface area contributed by atoms with E-state index in [1.807, 2.05) is 36.4 Å². The summed E-state index contributed by atoms with van der Waals surface area (Å²) in [7, 11) is 1.44. The van der Waals surface area contributed by atoms with Crippen LogP contribution in [0.5, 0.6) is 0 Å². The number of hydrogen-bond donors (Lipinski definition) is 2. The average molecular weight is 455 g/mol. The Labute approximate surface area is 193 Å². The maximum Gasteiger partial charge on any atom is 0.408 e. The number of carbonyl (C=O) groups excluding carboxylic acids is 3. The van der Waals surface area contributed by atoms with Crippen LogP contribution in [0, 0.1) is 0 Å². The van der Waals surface area contributed by atoms with Crippen LogP contribution in [0.15, 0.2) is 48.5 Å². The van der Waals surface area contributed by atoms with Crippen LogP contribution in [-0.4, -0.2) is 50.1 Å².